The molecule has 21 heavy (non-hydrogen) atoms. The van der Waals surface area contributed by atoms with Crippen LogP contribution in [0, 0.1) is 0 Å². The maximum Gasteiger partial charge on any atom is 0.179 e. The Balaban J connectivity index is 1.68. The molecule has 1 aromatic carbocycles. The second-order valence-corrected chi connectivity index (χ2v) is 6.20. The maximum atomic E-state index is 10.00. The monoisotopic (exact) mass is 311 g/mol. The third-order valence-corrected chi connectivity index (χ3v) is 4.44. The molecule has 1 aromatic rings. The lowest BCUT2D eigenvalue weighted by Gasteiger charge is -2.28. The van der Waals surface area contributed by atoms with Crippen LogP contribution in [0.2, 0.25) is 5.02 Å². The number of aliphatic hydroxyl groups excluding tert-OH is 1. The molecule has 2 aliphatic rings. The Morgan fingerprint density at radius 1 is 1.14 bits per heavy atom. The summed E-state index contributed by atoms with van der Waals surface area (Å²) < 4.78 is 11.3. The lowest BCUT2D eigenvalue weighted by molar-refractivity contribution is 0.0902. The zero-order valence-electron chi connectivity index (χ0n) is 12.1. The molecule has 2 atom stereocenters. The van der Waals surface area contributed by atoms with Gasteiger partial charge in [-0.2, -0.15) is 0 Å². The van der Waals surface area contributed by atoms with Crippen LogP contribution in [0.15, 0.2) is 12.1 Å². The molecule has 4 nitrogen and oxygen atoms in total. The number of aliphatic hydroxyl groups is 1. The summed E-state index contributed by atoms with van der Waals surface area (Å²) in [6.07, 6.45) is 4.84. The van der Waals surface area contributed by atoms with Gasteiger partial charge in [0.25, 0.3) is 0 Å². The fourth-order valence-electron chi connectivity index (χ4n) is 2.98. The SMILES string of the molecule is OC1CCCCC1NCc1cc(Cl)c2c(c1)OCCCO2. The van der Waals surface area contributed by atoms with E-state index in [0.29, 0.717) is 30.5 Å². The largest absolute Gasteiger partial charge is 0.489 e. The molecule has 0 spiro atoms. The summed E-state index contributed by atoms with van der Waals surface area (Å²) in [5, 5.41) is 14.0. The highest BCUT2D eigenvalue weighted by atomic mass is 35.5. The molecule has 2 N–H and O–H groups in total. The van der Waals surface area contributed by atoms with Gasteiger partial charge in [-0.25, -0.2) is 0 Å². The number of halogens is 1. The lowest BCUT2D eigenvalue weighted by atomic mass is 9.92. The van der Waals surface area contributed by atoms with E-state index in [1.165, 1.54) is 6.42 Å². The average molecular weight is 312 g/mol. The van der Waals surface area contributed by atoms with Crippen molar-refractivity contribution in [1.82, 2.24) is 5.32 Å². The van der Waals surface area contributed by atoms with Crippen LogP contribution in [0.25, 0.3) is 0 Å². The van der Waals surface area contributed by atoms with Gasteiger partial charge in [0.2, 0.25) is 0 Å². The third-order valence-electron chi connectivity index (χ3n) is 4.16. The maximum absolute atomic E-state index is 10.00. The number of fused-ring (bicyclic) bond motifs is 1. The van der Waals surface area contributed by atoms with Gasteiger partial charge in [0.15, 0.2) is 11.5 Å². The van der Waals surface area contributed by atoms with E-state index in [1.54, 1.807) is 0 Å². The van der Waals surface area contributed by atoms with Crippen molar-refractivity contribution in [3.05, 3.63) is 22.7 Å². The van der Waals surface area contributed by atoms with Crippen molar-refractivity contribution in [1.29, 1.82) is 0 Å². The predicted molar refractivity (Wildman–Crippen MR) is 82.2 cm³/mol. The Labute approximate surface area is 130 Å². The van der Waals surface area contributed by atoms with Gasteiger partial charge in [0.1, 0.15) is 0 Å². The molecular formula is C16H22ClNO3. The Bertz CT molecular complexity index is 495. The van der Waals surface area contributed by atoms with E-state index in [9.17, 15) is 5.11 Å². The third kappa shape index (κ3) is 3.62. The van der Waals surface area contributed by atoms with Crippen molar-refractivity contribution in [2.75, 3.05) is 13.2 Å². The fraction of sp³-hybridized carbons (Fsp3) is 0.625. The molecule has 0 amide bonds. The first-order valence-electron chi connectivity index (χ1n) is 7.73. The van der Waals surface area contributed by atoms with Crippen LogP contribution < -0.4 is 14.8 Å². The first-order chi connectivity index (χ1) is 10.2. The van der Waals surface area contributed by atoms with Gasteiger partial charge in [-0.3, -0.25) is 0 Å². The Morgan fingerprint density at radius 3 is 2.81 bits per heavy atom. The summed E-state index contributed by atoms with van der Waals surface area (Å²) in [6.45, 7) is 1.97. The molecule has 0 radical (unpaired) electrons. The van der Waals surface area contributed by atoms with E-state index >= 15 is 0 Å². The van der Waals surface area contributed by atoms with E-state index in [1.807, 2.05) is 12.1 Å². The molecule has 3 rings (SSSR count). The topological polar surface area (TPSA) is 50.7 Å². The van der Waals surface area contributed by atoms with Gasteiger partial charge in [-0.05, 0) is 30.5 Å². The number of benzene rings is 1. The number of rotatable bonds is 3. The molecule has 2 unspecified atom stereocenters. The summed E-state index contributed by atoms with van der Waals surface area (Å²) in [7, 11) is 0. The molecule has 1 saturated carbocycles. The minimum Gasteiger partial charge on any atom is -0.489 e. The van der Waals surface area contributed by atoms with Crippen LogP contribution in [0.4, 0.5) is 0 Å². The predicted octanol–water partition coefficient (Wildman–Crippen LogP) is 2.89. The Morgan fingerprint density at radius 2 is 1.95 bits per heavy atom. The summed E-state index contributed by atoms with van der Waals surface area (Å²) in [6, 6.07) is 4.07. The summed E-state index contributed by atoms with van der Waals surface area (Å²) in [4.78, 5) is 0. The molecule has 0 aromatic heterocycles. The number of nitrogens with one attached hydrogen (secondary N) is 1. The molecular weight excluding hydrogens is 290 g/mol. The zero-order valence-corrected chi connectivity index (χ0v) is 12.9. The van der Waals surface area contributed by atoms with Crippen molar-refractivity contribution in [3.8, 4) is 11.5 Å². The second kappa shape index (κ2) is 6.86. The number of hydrogen-bond acceptors (Lipinski definition) is 4. The quantitative estimate of drug-likeness (QED) is 0.901. The fourth-order valence-corrected chi connectivity index (χ4v) is 3.27. The van der Waals surface area contributed by atoms with E-state index < -0.39 is 0 Å². The van der Waals surface area contributed by atoms with E-state index in [2.05, 4.69) is 5.32 Å². The van der Waals surface area contributed by atoms with Crippen LogP contribution in [0.1, 0.15) is 37.7 Å². The Hall–Kier alpha value is -0.970. The zero-order chi connectivity index (χ0) is 14.7. The van der Waals surface area contributed by atoms with Gasteiger partial charge in [-0.1, -0.05) is 24.4 Å². The molecule has 0 bridgehead atoms. The standard InChI is InChI=1S/C16H22ClNO3/c17-12-8-11(9-15-16(12)21-7-3-6-20-15)10-18-13-4-1-2-5-14(13)19/h8-9,13-14,18-19H,1-7,10H2. The number of ether oxygens (including phenoxy) is 2. The second-order valence-electron chi connectivity index (χ2n) is 5.79. The van der Waals surface area contributed by atoms with E-state index in [0.717, 1.165) is 37.0 Å². The minimum atomic E-state index is -0.241. The van der Waals surface area contributed by atoms with Gasteiger partial charge in [0.05, 0.1) is 24.3 Å². The smallest absolute Gasteiger partial charge is 0.179 e. The van der Waals surface area contributed by atoms with Crippen molar-refractivity contribution in [2.24, 2.45) is 0 Å². The van der Waals surface area contributed by atoms with Crippen molar-refractivity contribution in [3.63, 3.8) is 0 Å². The molecule has 0 saturated heterocycles. The van der Waals surface area contributed by atoms with Gasteiger partial charge < -0.3 is 19.9 Å². The van der Waals surface area contributed by atoms with Gasteiger partial charge >= 0.3 is 0 Å². The Kier molecular flexibility index (Phi) is 4.88. The number of hydrogen-bond donors (Lipinski definition) is 2. The highest BCUT2D eigenvalue weighted by molar-refractivity contribution is 6.32. The summed E-state index contributed by atoms with van der Waals surface area (Å²) >= 11 is 6.29. The normalized spacial score (nSPS) is 25.4. The molecule has 5 heteroatoms. The lowest BCUT2D eigenvalue weighted by Crippen LogP contribution is -2.41. The van der Waals surface area contributed by atoms with Crippen LogP contribution >= 0.6 is 11.6 Å². The molecule has 1 aliphatic heterocycles. The molecule has 116 valence electrons. The minimum absolute atomic E-state index is 0.175. The molecule has 1 fully saturated rings. The van der Waals surface area contributed by atoms with Crippen LogP contribution in [0.5, 0.6) is 11.5 Å². The van der Waals surface area contributed by atoms with Crippen LogP contribution in [0.3, 0.4) is 0 Å². The first-order valence-corrected chi connectivity index (χ1v) is 8.11. The van der Waals surface area contributed by atoms with Gasteiger partial charge in [0, 0.05) is 19.0 Å². The van der Waals surface area contributed by atoms with Crippen molar-refractivity contribution >= 4 is 11.6 Å². The van der Waals surface area contributed by atoms with Gasteiger partial charge in [-0.15, -0.1) is 0 Å². The summed E-state index contributed by atoms with van der Waals surface area (Å²) in [5.41, 5.74) is 1.06. The molecule has 1 heterocycles. The van der Waals surface area contributed by atoms with E-state index in [-0.39, 0.29) is 12.1 Å². The highest BCUT2D eigenvalue weighted by Gasteiger charge is 2.22. The first kappa shape index (κ1) is 14.9. The average Bonchev–Trinajstić information content (AvgIpc) is 2.72. The van der Waals surface area contributed by atoms with Crippen molar-refractivity contribution < 1.29 is 14.6 Å². The summed E-state index contributed by atoms with van der Waals surface area (Å²) in [5.74, 6) is 1.37. The highest BCUT2D eigenvalue weighted by Crippen LogP contribution is 2.38. The van der Waals surface area contributed by atoms with Crippen molar-refractivity contribution in [2.45, 2.75) is 50.8 Å². The van der Waals surface area contributed by atoms with E-state index in [4.69, 9.17) is 21.1 Å². The van der Waals surface area contributed by atoms with Crippen LogP contribution in [-0.4, -0.2) is 30.5 Å². The molecule has 1 aliphatic carbocycles. The van der Waals surface area contributed by atoms with Crippen LogP contribution in [-0.2, 0) is 6.54 Å².